The molecule has 0 bridgehead atoms. The molecule has 2 aromatic heterocycles. The zero-order chi connectivity index (χ0) is 73.4. The molecular formula is C90H73BN2O2. The predicted molar refractivity (Wildman–Crippen MR) is 404 cm³/mol. The molecule has 458 valence electrons. The third-order valence-corrected chi connectivity index (χ3v) is 19.5. The second-order valence-corrected chi connectivity index (χ2v) is 28.5. The minimum atomic E-state index is -0.702. The predicted octanol–water partition coefficient (Wildman–Crippen LogP) is 23.5. The molecule has 0 N–H and O–H groups in total. The Morgan fingerprint density at radius 2 is 0.821 bits per heavy atom. The molecule has 17 rings (SSSR count). The average Bonchev–Trinajstić information content (AvgIpc) is 0.822. The largest absolute Gasteiger partial charge is 0.456 e. The summed E-state index contributed by atoms with van der Waals surface area (Å²) in [7, 11) is 0. The van der Waals surface area contributed by atoms with Crippen molar-refractivity contribution in [3.63, 3.8) is 0 Å². The van der Waals surface area contributed by atoms with E-state index < -0.39 is 43.0 Å². The van der Waals surface area contributed by atoms with Gasteiger partial charge in [-0.1, -0.05) is 287 Å². The van der Waals surface area contributed by atoms with Crippen molar-refractivity contribution in [1.29, 1.82) is 0 Å². The van der Waals surface area contributed by atoms with Crippen molar-refractivity contribution in [2.75, 3.05) is 9.80 Å². The van der Waals surface area contributed by atoms with Crippen LogP contribution < -0.4 is 26.2 Å². The minimum absolute atomic E-state index is 0.0319. The maximum atomic E-state index is 9.56. The second kappa shape index (κ2) is 21.9. The van der Waals surface area contributed by atoms with Gasteiger partial charge in [0.25, 0.3) is 6.71 Å². The van der Waals surface area contributed by atoms with Crippen molar-refractivity contribution in [3.05, 3.63) is 296 Å². The fourth-order valence-corrected chi connectivity index (χ4v) is 14.6. The molecule has 0 radical (unpaired) electrons. The smallest absolute Gasteiger partial charge is 0.252 e. The number of nitrogens with zero attached hydrogens (tertiary/aromatic N) is 2. The van der Waals surface area contributed by atoms with Gasteiger partial charge >= 0.3 is 0 Å². The molecule has 2 aliphatic heterocycles. The van der Waals surface area contributed by atoms with Gasteiger partial charge in [0.1, 0.15) is 16.7 Å². The fraction of sp³-hybridized carbons (Fsp3) is 0.133. The number of hydrogen-bond acceptors (Lipinski definition) is 4. The Morgan fingerprint density at radius 1 is 0.316 bits per heavy atom. The SMILES string of the molecule is [2H]c1c([2H])c([2H])c(-c2ccc3c(c2)B2c4ccc(-c5c([2H])c([2H])c([2H])c([2H])c5[2H])cc4N(c4cccc5c4oc4c(-c6cccc7oc8ccccc8c67)cccc45)c4cc(-c5cc(C(C)(C)C)cc(C(C)(C)C)c5)cc(c42)N3c2c(-c3ccccc3)cc(C(C)(C)C)cc2-c2ccccc2)c([2H])c1[2H]. The standard InChI is InChI=1S/C90H73BN2O2/c1-88(2,3)64-47-62(48-65(53-64)89(4,5)6)63-51-79-84-80(52-63)93(85-72(58-31-18-12-19-32-58)54-66(90(7,8)9)55-73(85)59-33-20-13-21-34-59)76-46-44-60(56-27-14-10-15-28-56)49-75(76)91(84)74-45-43-61(57-29-16-11-17-30-57)50-78(74)92(79)77-40-25-39-70-69-38-24-37-68(86(69)95-87(70)77)67-36-26-42-82-83(67)71-35-22-23-41-81(71)94-82/h10-55H,1-9H3/i10D,11D,14D,15D,16D,17D,27D,28D,29D,30D. The van der Waals surface area contributed by atoms with Gasteiger partial charge in [0.2, 0.25) is 0 Å². The molecule has 0 unspecified atom stereocenters. The molecule has 0 saturated heterocycles. The van der Waals surface area contributed by atoms with E-state index in [-0.39, 0.29) is 51.5 Å². The van der Waals surface area contributed by atoms with Crippen LogP contribution in [0.4, 0.5) is 34.1 Å². The minimum Gasteiger partial charge on any atom is -0.456 e. The van der Waals surface area contributed by atoms with Crippen LogP contribution in [0.1, 0.15) is 92.7 Å². The van der Waals surface area contributed by atoms with Gasteiger partial charge in [0.05, 0.1) is 25.1 Å². The lowest BCUT2D eigenvalue weighted by atomic mass is 9.33. The van der Waals surface area contributed by atoms with Gasteiger partial charge in [-0.25, -0.2) is 0 Å². The van der Waals surface area contributed by atoms with E-state index in [9.17, 15) is 5.48 Å². The fourth-order valence-electron chi connectivity index (χ4n) is 14.6. The van der Waals surface area contributed by atoms with Gasteiger partial charge in [0.15, 0.2) is 5.58 Å². The van der Waals surface area contributed by atoms with Crippen LogP contribution in [0.15, 0.2) is 288 Å². The molecule has 0 saturated carbocycles. The van der Waals surface area contributed by atoms with E-state index in [0.29, 0.717) is 33.7 Å². The lowest BCUT2D eigenvalue weighted by Gasteiger charge is -2.45. The van der Waals surface area contributed by atoms with E-state index in [0.717, 1.165) is 133 Å². The first-order chi connectivity index (χ1) is 50.2. The number of para-hydroxylation sites is 3. The molecule has 5 heteroatoms. The Balaban J connectivity index is 1.07. The molecule has 13 aromatic carbocycles. The highest BCUT2D eigenvalue weighted by molar-refractivity contribution is 7.00. The van der Waals surface area contributed by atoms with Crippen LogP contribution in [-0.4, -0.2) is 6.71 Å². The Hall–Kier alpha value is -10.9. The molecule has 0 aliphatic carbocycles. The zero-order valence-electron chi connectivity index (χ0n) is 64.6. The Bertz CT molecular complexity index is 6050. The van der Waals surface area contributed by atoms with Gasteiger partial charge in [-0.15, -0.1) is 0 Å². The van der Waals surface area contributed by atoms with Gasteiger partial charge in [-0.2, -0.15) is 0 Å². The van der Waals surface area contributed by atoms with Gasteiger partial charge in [0, 0.05) is 61.0 Å². The maximum Gasteiger partial charge on any atom is 0.252 e. The van der Waals surface area contributed by atoms with Crippen molar-refractivity contribution < 1.29 is 22.5 Å². The summed E-state index contributed by atoms with van der Waals surface area (Å²) in [6.07, 6.45) is 0. The van der Waals surface area contributed by atoms with E-state index in [1.54, 1.807) is 0 Å². The molecule has 0 atom stereocenters. The van der Waals surface area contributed by atoms with Crippen LogP contribution in [0, 0.1) is 0 Å². The number of rotatable bonds is 8. The molecule has 0 amide bonds. The number of benzene rings is 13. The van der Waals surface area contributed by atoms with E-state index in [1.165, 1.54) is 0 Å². The number of hydrogen-bond donors (Lipinski definition) is 0. The van der Waals surface area contributed by atoms with E-state index >= 15 is 0 Å². The highest BCUT2D eigenvalue weighted by atomic mass is 16.3. The highest BCUT2D eigenvalue weighted by Crippen LogP contribution is 2.55. The van der Waals surface area contributed by atoms with E-state index in [1.807, 2.05) is 78.9 Å². The number of fused-ring (bicyclic) bond motifs is 10. The van der Waals surface area contributed by atoms with E-state index in [2.05, 4.69) is 212 Å². The highest BCUT2D eigenvalue weighted by Gasteiger charge is 2.46. The summed E-state index contributed by atoms with van der Waals surface area (Å²) < 4.78 is 106. The lowest BCUT2D eigenvalue weighted by Crippen LogP contribution is -2.61. The maximum absolute atomic E-state index is 9.56. The Kier molecular flexibility index (Phi) is 11.0. The molecular weight excluding hydrogens is 1150 g/mol. The molecule has 95 heavy (non-hydrogen) atoms. The summed E-state index contributed by atoms with van der Waals surface area (Å²) in [5, 5.41) is 3.66. The first-order valence-corrected chi connectivity index (χ1v) is 32.7. The van der Waals surface area contributed by atoms with Crippen LogP contribution in [-0.2, 0) is 16.2 Å². The Morgan fingerprint density at radius 3 is 1.46 bits per heavy atom. The molecule has 0 fully saturated rings. The van der Waals surface area contributed by atoms with Crippen LogP contribution in [0.3, 0.4) is 0 Å². The van der Waals surface area contributed by atoms with Crippen LogP contribution >= 0.6 is 0 Å². The molecule has 4 nitrogen and oxygen atoms in total. The van der Waals surface area contributed by atoms with Crippen LogP contribution in [0.25, 0.3) is 111 Å². The average molecular weight is 1240 g/mol. The third-order valence-electron chi connectivity index (χ3n) is 19.5. The van der Waals surface area contributed by atoms with Gasteiger partial charge in [-0.3, -0.25) is 0 Å². The van der Waals surface area contributed by atoms with Crippen molar-refractivity contribution in [1.82, 2.24) is 0 Å². The zero-order valence-corrected chi connectivity index (χ0v) is 54.6. The summed E-state index contributed by atoms with van der Waals surface area (Å²) in [5.41, 5.74) is 20.7. The van der Waals surface area contributed by atoms with Crippen LogP contribution in [0.2, 0.25) is 0 Å². The third kappa shape index (κ3) is 9.65. The molecule has 15 aromatic rings. The molecule has 2 aliphatic rings. The monoisotopic (exact) mass is 1230 g/mol. The first-order valence-electron chi connectivity index (χ1n) is 37.7. The Labute approximate surface area is 571 Å². The second-order valence-electron chi connectivity index (χ2n) is 28.5. The summed E-state index contributed by atoms with van der Waals surface area (Å²) >= 11 is 0. The normalized spacial score (nSPS) is 14.5. The summed E-state index contributed by atoms with van der Waals surface area (Å²) in [6.45, 7) is 19.5. The van der Waals surface area contributed by atoms with Crippen molar-refractivity contribution in [3.8, 4) is 66.8 Å². The van der Waals surface area contributed by atoms with Gasteiger partial charge in [-0.05, 0) is 154 Å². The van der Waals surface area contributed by atoms with Crippen LogP contribution in [0.5, 0.6) is 0 Å². The van der Waals surface area contributed by atoms with Crippen molar-refractivity contribution >= 4 is 101 Å². The molecule has 4 heterocycles. The summed E-state index contributed by atoms with van der Waals surface area (Å²) in [5.74, 6) is 0. The van der Waals surface area contributed by atoms with Crippen molar-refractivity contribution in [2.45, 2.75) is 78.6 Å². The quantitative estimate of drug-likeness (QED) is 0.142. The van der Waals surface area contributed by atoms with Gasteiger partial charge < -0.3 is 18.6 Å². The number of furan rings is 2. The van der Waals surface area contributed by atoms with E-state index in [4.69, 9.17) is 17.1 Å². The number of anilines is 6. The molecule has 0 spiro atoms. The topological polar surface area (TPSA) is 32.8 Å². The summed E-state index contributed by atoms with van der Waals surface area (Å²) in [4.78, 5) is 4.66. The lowest BCUT2D eigenvalue weighted by molar-refractivity contribution is 0.569. The first kappa shape index (κ1) is 47.9. The summed E-state index contributed by atoms with van der Waals surface area (Å²) in [6, 6.07) is 71.5. The van der Waals surface area contributed by atoms with Crippen molar-refractivity contribution in [2.24, 2.45) is 0 Å².